The lowest BCUT2D eigenvalue weighted by atomic mass is 10.0. The second-order valence-electron chi connectivity index (χ2n) is 10.9. The molecule has 10 heteroatoms. The minimum Gasteiger partial charge on any atom is -0.378 e. The number of pyridine rings is 1. The molecule has 2 fully saturated rings. The fourth-order valence-corrected chi connectivity index (χ4v) is 5.76. The van der Waals surface area contributed by atoms with Gasteiger partial charge in [0.25, 0.3) is 0 Å². The smallest absolute Gasteiger partial charge is 0.164 e. The molecule has 9 nitrogen and oxygen atoms in total. The molecule has 2 aliphatic heterocycles. The van der Waals surface area contributed by atoms with Gasteiger partial charge in [-0.3, -0.25) is 4.90 Å². The number of imidazole rings is 1. The van der Waals surface area contributed by atoms with Crippen molar-refractivity contribution in [1.29, 1.82) is 0 Å². The Morgan fingerprint density at radius 1 is 1.08 bits per heavy atom. The Balaban J connectivity index is 1.36. The molecule has 3 aromatic heterocycles. The zero-order valence-corrected chi connectivity index (χ0v) is 23.2. The van der Waals surface area contributed by atoms with E-state index in [4.69, 9.17) is 19.8 Å². The first kappa shape index (κ1) is 25.9. The Labute approximate surface area is 228 Å². The Bertz CT molecular complexity index is 1460. The molecule has 206 valence electrons. The van der Waals surface area contributed by atoms with Crippen molar-refractivity contribution in [3.8, 4) is 17.1 Å². The first-order valence-electron chi connectivity index (χ1n) is 13.7. The van der Waals surface area contributed by atoms with Crippen LogP contribution in [-0.2, 0) is 18.3 Å². The molecule has 0 radical (unpaired) electrons. The number of likely N-dealkylation sites (tertiary alicyclic amines) is 1. The van der Waals surface area contributed by atoms with Crippen LogP contribution in [0.2, 0.25) is 0 Å². The summed E-state index contributed by atoms with van der Waals surface area (Å²) in [4.78, 5) is 16.6. The van der Waals surface area contributed by atoms with E-state index in [1.807, 2.05) is 43.0 Å². The van der Waals surface area contributed by atoms with E-state index in [2.05, 4.69) is 51.6 Å². The van der Waals surface area contributed by atoms with Gasteiger partial charge in [0.2, 0.25) is 0 Å². The third-order valence-electron chi connectivity index (χ3n) is 8.00. The molecule has 1 aromatic carbocycles. The van der Waals surface area contributed by atoms with E-state index in [0.717, 1.165) is 65.8 Å². The summed E-state index contributed by atoms with van der Waals surface area (Å²) < 4.78 is 24.4. The fraction of sp³-hybridized carbons (Fsp3) is 0.483. The zero-order valence-electron chi connectivity index (χ0n) is 23.2. The summed E-state index contributed by atoms with van der Waals surface area (Å²) >= 11 is 0. The lowest BCUT2D eigenvalue weighted by molar-refractivity contribution is 0.0530. The number of piperidine rings is 1. The molecule has 0 spiro atoms. The van der Waals surface area contributed by atoms with Crippen LogP contribution >= 0.6 is 0 Å². The first-order chi connectivity index (χ1) is 18.9. The second-order valence-corrected chi connectivity index (χ2v) is 10.9. The SMILES string of the molecule is Cc1cccc(-c2ccn(-c3cc(N4CCOCC4)c4nc(CN5CCC(N(C)C)C(F)C5)n(C)c4n3)n2)c1. The average molecular weight is 533 g/mol. The standard InChI is InChI=1S/C29H37FN8O/c1-20-6-5-7-21(16-20)23-8-11-38(33-23)26-17-25(37-12-14-39-15-13-37)28-29(32-26)35(4)27(31-28)19-36-10-9-24(34(2)3)22(30)18-36/h5-8,11,16-17,22,24H,9-10,12-15,18-19H2,1-4H3. The maximum absolute atomic E-state index is 14.9. The topological polar surface area (TPSA) is 67.5 Å². The summed E-state index contributed by atoms with van der Waals surface area (Å²) in [6.07, 6.45) is 1.89. The number of aryl methyl sites for hydroxylation is 2. The molecular weight excluding hydrogens is 495 g/mol. The molecule has 0 saturated carbocycles. The highest BCUT2D eigenvalue weighted by Gasteiger charge is 2.31. The predicted octanol–water partition coefficient (Wildman–Crippen LogP) is 3.44. The van der Waals surface area contributed by atoms with Crippen molar-refractivity contribution in [3.63, 3.8) is 0 Å². The quantitative estimate of drug-likeness (QED) is 0.377. The van der Waals surface area contributed by atoms with Crippen LogP contribution in [0.3, 0.4) is 0 Å². The lowest BCUT2D eigenvalue weighted by Crippen LogP contribution is -2.50. The van der Waals surface area contributed by atoms with Crippen molar-refractivity contribution < 1.29 is 9.13 Å². The third kappa shape index (κ3) is 5.16. The lowest BCUT2D eigenvalue weighted by Gasteiger charge is -2.37. The highest BCUT2D eigenvalue weighted by Crippen LogP contribution is 2.30. The van der Waals surface area contributed by atoms with Crippen LogP contribution in [0.5, 0.6) is 0 Å². The minimum absolute atomic E-state index is 0.0300. The Morgan fingerprint density at radius 3 is 2.64 bits per heavy atom. The summed E-state index contributed by atoms with van der Waals surface area (Å²) in [5.41, 5.74) is 5.88. The van der Waals surface area contributed by atoms with E-state index in [1.54, 1.807) is 0 Å². The molecule has 2 atom stereocenters. The van der Waals surface area contributed by atoms with Crippen molar-refractivity contribution >= 4 is 16.9 Å². The second kappa shape index (κ2) is 10.7. The molecule has 0 aliphatic carbocycles. The summed E-state index contributed by atoms with van der Waals surface area (Å²) in [5, 5.41) is 4.87. The van der Waals surface area contributed by atoms with Gasteiger partial charge in [0, 0.05) is 57.1 Å². The van der Waals surface area contributed by atoms with Crippen molar-refractivity contribution in [2.24, 2.45) is 7.05 Å². The van der Waals surface area contributed by atoms with E-state index in [1.165, 1.54) is 5.56 Å². The van der Waals surface area contributed by atoms with Gasteiger partial charge in [0.05, 0.1) is 31.1 Å². The third-order valence-corrected chi connectivity index (χ3v) is 8.00. The highest BCUT2D eigenvalue weighted by molar-refractivity contribution is 5.88. The monoisotopic (exact) mass is 532 g/mol. The van der Waals surface area contributed by atoms with E-state index in [-0.39, 0.29) is 6.04 Å². The fourth-order valence-electron chi connectivity index (χ4n) is 5.76. The molecular formula is C29H37FN8O. The summed E-state index contributed by atoms with van der Waals surface area (Å²) in [5.74, 6) is 1.63. The van der Waals surface area contributed by atoms with Crippen LogP contribution in [0.4, 0.5) is 10.1 Å². The molecule has 2 saturated heterocycles. The number of hydrogen-bond donors (Lipinski definition) is 0. The molecule has 5 heterocycles. The van der Waals surface area contributed by atoms with Crippen molar-refractivity contribution in [2.45, 2.75) is 32.1 Å². The summed E-state index contributed by atoms with van der Waals surface area (Å²) in [6.45, 7) is 6.87. The molecule has 0 bridgehead atoms. The van der Waals surface area contributed by atoms with Crippen LogP contribution in [-0.4, -0.2) is 99.8 Å². The van der Waals surface area contributed by atoms with Gasteiger partial charge in [-0.25, -0.2) is 19.0 Å². The largest absolute Gasteiger partial charge is 0.378 e. The number of fused-ring (bicyclic) bond motifs is 1. The number of anilines is 1. The van der Waals surface area contributed by atoms with Gasteiger partial charge in [0.1, 0.15) is 17.5 Å². The Kier molecular flexibility index (Phi) is 7.09. The normalized spacial score (nSPS) is 20.8. The van der Waals surface area contributed by atoms with Crippen LogP contribution in [0.1, 0.15) is 17.8 Å². The number of rotatable bonds is 6. The van der Waals surface area contributed by atoms with Crippen LogP contribution < -0.4 is 4.90 Å². The highest BCUT2D eigenvalue weighted by atomic mass is 19.1. The number of ether oxygens (including phenoxy) is 1. The summed E-state index contributed by atoms with van der Waals surface area (Å²) in [6, 6.07) is 12.4. The van der Waals surface area contributed by atoms with Crippen LogP contribution in [0.15, 0.2) is 42.6 Å². The zero-order chi connectivity index (χ0) is 27.1. The van der Waals surface area contributed by atoms with E-state index in [0.29, 0.717) is 26.3 Å². The number of benzene rings is 1. The minimum atomic E-state index is -0.875. The number of hydrogen-bond acceptors (Lipinski definition) is 7. The molecule has 0 amide bonds. The number of alkyl halides is 1. The number of morpholine rings is 1. The van der Waals surface area contributed by atoms with Gasteiger partial charge in [-0.2, -0.15) is 5.10 Å². The first-order valence-corrected chi connectivity index (χ1v) is 13.7. The van der Waals surface area contributed by atoms with Gasteiger partial charge >= 0.3 is 0 Å². The van der Waals surface area contributed by atoms with Crippen molar-refractivity contribution in [2.75, 3.05) is 58.4 Å². The molecule has 2 unspecified atom stereocenters. The Hall–Kier alpha value is -3.34. The summed E-state index contributed by atoms with van der Waals surface area (Å²) in [7, 11) is 5.92. The van der Waals surface area contributed by atoms with Gasteiger partial charge < -0.3 is 19.1 Å². The maximum atomic E-state index is 14.9. The van der Waals surface area contributed by atoms with E-state index >= 15 is 0 Å². The van der Waals surface area contributed by atoms with Crippen molar-refractivity contribution in [1.82, 2.24) is 34.1 Å². The number of aromatic nitrogens is 5. The van der Waals surface area contributed by atoms with Gasteiger partial charge in [-0.05, 0) is 39.6 Å². The molecule has 2 aliphatic rings. The number of halogens is 1. The molecule has 39 heavy (non-hydrogen) atoms. The van der Waals surface area contributed by atoms with Gasteiger partial charge in [0.15, 0.2) is 11.5 Å². The van der Waals surface area contributed by atoms with Crippen LogP contribution in [0.25, 0.3) is 28.2 Å². The van der Waals surface area contributed by atoms with Gasteiger partial charge in [-0.1, -0.05) is 23.8 Å². The van der Waals surface area contributed by atoms with Gasteiger partial charge in [-0.15, -0.1) is 0 Å². The van der Waals surface area contributed by atoms with Crippen molar-refractivity contribution in [3.05, 3.63) is 54.0 Å². The molecule has 4 aromatic rings. The molecule has 0 N–H and O–H groups in total. The number of nitrogens with zero attached hydrogens (tertiary/aromatic N) is 8. The molecule has 6 rings (SSSR count). The predicted molar refractivity (Wildman–Crippen MR) is 151 cm³/mol. The van der Waals surface area contributed by atoms with Crippen LogP contribution in [0, 0.1) is 6.92 Å². The van der Waals surface area contributed by atoms with E-state index < -0.39 is 6.17 Å². The van der Waals surface area contributed by atoms with E-state index in [9.17, 15) is 4.39 Å². The maximum Gasteiger partial charge on any atom is 0.164 e. The average Bonchev–Trinajstić information content (AvgIpc) is 3.54. The Morgan fingerprint density at radius 2 is 1.90 bits per heavy atom.